The first kappa shape index (κ1) is 24.6. The molecule has 0 bridgehead atoms. The van der Waals surface area contributed by atoms with Crippen LogP contribution in [0.4, 0.5) is 11.5 Å². The molecule has 1 aliphatic rings. The monoisotopic (exact) mass is 497 g/mol. The van der Waals surface area contributed by atoms with Gasteiger partial charge in [0.05, 0.1) is 36.7 Å². The molecular formula is C28H31N7O2. The second-order valence-corrected chi connectivity index (χ2v) is 9.05. The van der Waals surface area contributed by atoms with Gasteiger partial charge in [-0.3, -0.25) is 19.7 Å². The molecule has 1 saturated heterocycles. The van der Waals surface area contributed by atoms with Crippen molar-refractivity contribution < 1.29 is 9.53 Å². The standard InChI is InChI=1S/C28H31N7O2/c29-24-8-10-26(33-27(24)35(30)19-20-3-9-25-23(18-20)2-1-11-31-25)21-4-6-22(7-5-21)28(36)32-12-13-34-14-16-37-17-15-34/h1-11,18H,12-17,19,29-30H2,(H,32,36). The van der Waals surface area contributed by atoms with Crippen LogP contribution in [0.5, 0.6) is 0 Å². The number of rotatable bonds is 8. The van der Waals surface area contributed by atoms with Crippen molar-refractivity contribution in [1.82, 2.24) is 20.2 Å². The molecule has 0 radical (unpaired) electrons. The van der Waals surface area contributed by atoms with Crippen LogP contribution in [0.25, 0.3) is 22.2 Å². The van der Waals surface area contributed by atoms with Crippen molar-refractivity contribution in [2.75, 3.05) is 50.1 Å². The number of ether oxygens (including phenoxy) is 1. The molecule has 4 aromatic rings. The van der Waals surface area contributed by atoms with Crippen molar-refractivity contribution in [2.24, 2.45) is 5.84 Å². The second-order valence-electron chi connectivity index (χ2n) is 9.05. The summed E-state index contributed by atoms with van der Waals surface area (Å²) in [6.07, 6.45) is 1.78. The Hall–Kier alpha value is -4.05. The molecule has 190 valence electrons. The molecule has 2 aromatic heterocycles. The number of amides is 1. The normalized spacial score (nSPS) is 14.0. The van der Waals surface area contributed by atoms with Crippen LogP contribution in [0.15, 0.2) is 72.9 Å². The molecule has 37 heavy (non-hydrogen) atoms. The minimum atomic E-state index is -0.0931. The number of nitrogens with one attached hydrogen (secondary N) is 1. The lowest BCUT2D eigenvalue weighted by Crippen LogP contribution is -2.41. The number of carbonyl (C=O) groups excluding carboxylic acids is 1. The Morgan fingerprint density at radius 2 is 1.86 bits per heavy atom. The summed E-state index contributed by atoms with van der Waals surface area (Å²) in [7, 11) is 0. The van der Waals surface area contributed by atoms with Gasteiger partial charge in [-0.05, 0) is 48.0 Å². The Bertz CT molecular complexity index is 1370. The summed E-state index contributed by atoms with van der Waals surface area (Å²) < 4.78 is 5.36. The molecular weight excluding hydrogens is 466 g/mol. The third kappa shape index (κ3) is 6.03. The molecule has 9 nitrogen and oxygen atoms in total. The summed E-state index contributed by atoms with van der Waals surface area (Å²) in [5.74, 6) is 6.80. The van der Waals surface area contributed by atoms with E-state index in [2.05, 4.69) is 21.3 Å². The van der Waals surface area contributed by atoms with E-state index in [0.717, 1.165) is 60.6 Å². The first-order valence-corrected chi connectivity index (χ1v) is 12.4. The summed E-state index contributed by atoms with van der Waals surface area (Å²) in [4.78, 5) is 23.9. The lowest BCUT2D eigenvalue weighted by atomic mass is 10.1. The summed E-state index contributed by atoms with van der Waals surface area (Å²) in [5, 5.41) is 5.59. The zero-order valence-electron chi connectivity index (χ0n) is 20.6. The third-order valence-electron chi connectivity index (χ3n) is 6.46. The van der Waals surface area contributed by atoms with Gasteiger partial charge in [-0.25, -0.2) is 10.8 Å². The first-order valence-electron chi connectivity index (χ1n) is 12.4. The predicted octanol–water partition coefficient (Wildman–Crippen LogP) is 2.82. The minimum absolute atomic E-state index is 0.0931. The van der Waals surface area contributed by atoms with Crippen molar-refractivity contribution in [3.05, 3.63) is 84.1 Å². The number of anilines is 2. The zero-order valence-corrected chi connectivity index (χ0v) is 20.6. The fraction of sp³-hybridized carbons (Fsp3) is 0.250. The number of hydrogen-bond donors (Lipinski definition) is 3. The largest absolute Gasteiger partial charge is 0.396 e. The van der Waals surface area contributed by atoms with Gasteiger partial charge < -0.3 is 15.8 Å². The topological polar surface area (TPSA) is 123 Å². The van der Waals surface area contributed by atoms with E-state index in [1.165, 1.54) is 0 Å². The van der Waals surface area contributed by atoms with Crippen LogP contribution in [-0.2, 0) is 11.3 Å². The van der Waals surface area contributed by atoms with Gasteiger partial charge in [0.1, 0.15) is 0 Å². The van der Waals surface area contributed by atoms with Gasteiger partial charge in [-0.2, -0.15) is 0 Å². The molecule has 0 saturated carbocycles. The molecule has 3 heterocycles. The van der Waals surface area contributed by atoms with Crippen LogP contribution in [-0.4, -0.2) is 60.2 Å². The van der Waals surface area contributed by atoms with Crippen molar-refractivity contribution in [3.63, 3.8) is 0 Å². The number of carbonyl (C=O) groups is 1. The van der Waals surface area contributed by atoms with Gasteiger partial charge >= 0.3 is 0 Å². The summed E-state index contributed by atoms with van der Waals surface area (Å²) in [5.41, 5.74) is 10.9. The van der Waals surface area contributed by atoms with Crippen LogP contribution < -0.4 is 21.9 Å². The van der Waals surface area contributed by atoms with Gasteiger partial charge in [0.15, 0.2) is 5.82 Å². The average molecular weight is 498 g/mol. The number of nitrogen functional groups attached to an aromatic ring is 1. The number of morpholine rings is 1. The van der Waals surface area contributed by atoms with Crippen LogP contribution >= 0.6 is 0 Å². The number of pyridine rings is 2. The quantitative estimate of drug-likeness (QED) is 0.251. The Balaban J connectivity index is 1.24. The molecule has 5 N–H and O–H groups in total. The lowest BCUT2D eigenvalue weighted by molar-refractivity contribution is 0.0383. The summed E-state index contributed by atoms with van der Waals surface area (Å²) in [6, 6.07) is 21.0. The van der Waals surface area contributed by atoms with E-state index in [1.54, 1.807) is 29.4 Å². The smallest absolute Gasteiger partial charge is 0.251 e. The molecule has 1 fully saturated rings. The van der Waals surface area contributed by atoms with Crippen LogP contribution in [0.1, 0.15) is 15.9 Å². The summed E-state index contributed by atoms with van der Waals surface area (Å²) in [6.45, 7) is 5.16. The minimum Gasteiger partial charge on any atom is -0.396 e. The van der Waals surface area contributed by atoms with E-state index in [1.807, 2.05) is 42.5 Å². The Morgan fingerprint density at radius 3 is 2.68 bits per heavy atom. The van der Waals surface area contributed by atoms with Gasteiger partial charge in [-0.15, -0.1) is 0 Å². The molecule has 2 aromatic carbocycles. The Morgan fingerprint density at radius 1 is 1.05 bits per heavy atom. The molecule has 0 aliphatic carbocycles. The van der Waals surface area contributed by atoms with Crippen molar-refractivity contribution >= 4 is 28.3 Å². The van der Waals surface area contributed by atoms with Gasteiger partial charge in [-0.1, -0.05) is 24.3 Å². The van der Waals surface area contributed by atoms with E-state index < -0.39 is 0 Å². The maximum absolute atomic E-state index is 12.6. The van der Waals surface area contributed by atoms with Gasteiger partial charge in [0.2, 0.25) is 0 Å². The van der Waals surface area contributed by atoms with Gasteiger partial charge in [0, 0.05) is 48.9 Å². The zero-order chi connectivity index (χ0) is 25.6. The molecule has 0 atom stereocenters. The number of fused-ring (bicyclic) bond motifs is 1. The molecule has 1 amide bonds. The van der Waals surface area contributed by atoms with E-state index in [9.17, 15) is 4.79 Å². The predicted molar refractivity (Wildman–Crippen MR) is 146 cm³/mol. The van der Waals surface area contributed by atoms with Crippen molar-refractivity contribution in [2.45, 2.75) is 6.54 Å². The summed E-state index contributed by atoms with van der Waals surface area (Å²) >= 11 is 0. The van der Waals surface area contributed by atoms with Crippen molar-refractivity contribution in [3.8, 4) is 11.3 Å². The van der Waals surface area contributed by atoms with E-state index >= 15 is 0 Å². The third-order valence-corrected chi connectivity index (χ3v) is 6.46. The Labute approximate surface area is 216 Å². The number of aromatic nitrogens is 2. The molecule has 5 rings (SSSR count). The number of hydrazine groups is 1. The first-order chi connectivity index (χ1) is 18.1. The fourth-order valence-corrected chi connectivity index (χ4v) is 4.39. The number of hydrogen-bond acceptors (Lipinski definition) is 8. The maximum atomic E-state index is 12.6. The molecule has 0 spiro atoms. The fourth-order valence-electron chi connectivity index (χ4n) is 4.39. The number of nitrogens with zero attached hydrogens (tertiary/aromatic N) is 4. The Kier molecular flexibility index (Phi) is 7.55. The van der Waals surface area contributed by atoms with E-state index in [4.69, 9.17) is 21.3 Å². The highest BCUT2D eigenvalue weighted by Crippen LogP contribution is 2.26. The molecule has 0 unspecified atom stereocenters. The SMILES string of the molecule is Nc1ccc(-c2ccc(C(=O)NCCN3CCOCC3)cc2)nc1N(N)Cc1ccc2ncccc2c1. The van der Waals surface area contributed by atoms with Crippen LogP contribution in [0.3, 0.4) is 0 Å². The number of nitrogens with two attached hydrogens (primary N) is 2. The highest BCUT2D eigenvalue weighted by atomic mass is 16.5. The van der Waals surface area contributed by atoms with Gasteiger partial charge in [0.25, 0.3) is 5.91 Å². The second kappa shape index (κ2) is 11.3. The molecule has 9 heteroatoms. The van der Waals surface area contributed by atoms with E-state index in [0.29, 0.717) is 30.2 Å². The highest BCUT2D eigenvalue weighted by Gasteiger charge is 2.14. The average Bonchev–Trinajstić information content (AvgIpc) is 2.94. The lowest BCUT2D eigenvalue weighted by Gasteiger charge is -2.26. The maximum Gasteiger partial charge on any atom is 0.251 e. The highest BCUT2D eigenvalue weighted by molar-refractivity contribution is 5.94. The number of benzene rings is 2. The van der Waals surface area contributed by atoms with Crippen LogP contribution in [0.2, 0.25) is 0 Å². The van der Waals surface area contributed by atoms with Crippen molar-refractivity contribution in [1.29, 1.82) is 0 Å². The molecule has 1 aliphatic heterocycles. The van der Waals surface area contributed by atoms with Crippen LogP contribution in [0, 0.1) is 0 Å². The van der Waals surface area contributed by atoms with E-state index in [-0.39, 0.29) is 5.91 Å².